The Kier molecular flexibility index (Phi) is 3.94. The third-order valence-corrected chi connectivity index (χ3v) is 5.82. The molecule has 0 saturated carbocycles. The minimum atomic E-state index is -0.783. The summed E-state index contributed by atoms with van der Waals surface area (Å²) >= 11 is 1.74. The maximum absolute atomic E-state index is 12.1. The predicted molar refractivity (Wildman–Crippen MR) is 84.7 cm³/mol. The fraction of sp³-hybridized carbons (Fsp3) is 0.667. The van der Waals surface area contributed by atoms with Gasteiger partial charge in [-0.15, -0.1) is 11.3 Å². The van der Waals surface area contributed by atoms with E-state index in [2.05, 4.69) is 20.5 Å². The van der Waals surface area contributed by atoms with Crippen LogP contribution in [0.5, 0.6) is 0 Å². The number of amides is 3. The molecule has 2 saturated heterocycles. The average Bonchev–Trinajstić information content (AvgIpc) is 2.90. The number of carbonyl (C=O) groups excluding carboxylic acids is 2. The highest BCUT2D eigenvalue weighted by molar-refractivity contribution is 7.11. The van der Waals surface area contributed by atoms with Gasteiger partial charge in [0.15, 0.2) is 0 Å². The zero-order valence-electron chi connectivity index (χ0n) is 13.2. The molecular formula is C15H22N4O2S. The number of likely N-dealkylation sites (tertiary alicyclic amines) is 1. The quantitative estimate of drug-likeness (QED) is 0.829. The molecule has 2 atom stereocenters. The molecule has 0 aliphatic carbocycles. The second-order valence-corrected chi connectivity index (χ2v) is 7.71. The highest BCUT2D eigenvalue weighted by Gasteiger charge is 2.48. The summed E-state index contributed by atoms with van der Waals surface area (Å²) in [5.41, 5.74) is 0.316. The SMILES string of the molecule is Cc1nc(C)c(CN2CCC[C@H]([C@@]3(C)NC(=O)NC3=O)C2)s1. The van der Waals surface area contributed by atoms with Gasteiger partial charge in [0.05, 0.1) is 10.7 Å². The number of aryl methyl sites for hydroxylation is 2. The number of rotatable bonds is 3. The van der Waals surface area contributed by atoms with Crippen molar-refractivity contribution in [1.82, 2.24) is 20.5 Å². The highest BCUT2D eigenvalue weighted by Crippen LogP contribution is 2.31. The van der Waals surface area contributed by atoms with Gasteiger partial charge in [0.2, 0.25) is 0 Å². The molecular weight excluding hydrogens is 300 g/mol. The van der Waals surface area contributed by atoms with Crippen LogP contribution in [0.15, 0.2) is 0 Å². The predicted octanol–water partition coefficient (Wildman–Crippen LogP) is 1.57. The van der Waals surface area contributed by atoms with E-state index in [0.717, 1.165) is 43.2 Å². The van der Waals surface area contributed by atoms with Gasteiger partial charge >= 0.3 is 6.03 Å². The van der Waals surface area contributed by atoms with Crippen LogP contribution in [0.25, 0.3) is 0 Å². The van der Waals surface area contributed by atoms with Crippen LogP contribution in [0.2, 0.25) is 0 Å². The van der Waals surface area contributed by atoms with Crippen LogP contribution in [0.4, 0.5) is 4.79 Å². The lowest BCUT2D eigenvalue weighted by Crippen LogP contribution is -2.55. The molecule has 22 heavy (non-hydrogen) atoms. The lowest BCUT2D eigenvalue weighted by molar-refractivity contribution is -0.126. The van der Waals surface area contributed by atoms with Gasteiger partial charge in [-0.3, -0.25) is 15.0 Å². The molecule has 0 radical (unpaired) electrons. The van der Waals surface area contributed by atoms with Gasteiger partial charge in [-0.2, -0.15) is 0 Å². The van der Waals surface area contributed by atoms with Crippen LogP contribution in [0, 0.1) is 19.8 Å². The Morgan fingerprint density at radius 1 is 1.41 bits per heavy atom. The Hall–Kier alpha value is -1.47. The number of thiazole rings is 1. The molecule has 0 spiro atoms. The van der Waals surface area contributed by atoms with Crippen LogP contribution >= 0.6 is 11.3 Å². The lowest BCUT2D eigenvalue weighted by Gasteiger charge is -2.39. The van der Waals surface area contributed by atoms with Gasteiger partial charge in [0.25, 0.3) is 5.91 Å². The van der Waals surface area contributed by atoms with Crippen LogP contribution in [0.3, 0.4) is 0 Å². The monoisotopic (exact) mass is 322 g/mol. The average molecular weight is 322 g/mol. The zero-order valence-corrected chi connectivity index (χ0v) is 14.0. The summed E-state index contributed by atoms with van der Waals surface area (Å²) in [6.45, 7) is 8.63. The van der Waals surface area contributed by atoms with E-state index in [1.165, 1.54) is 4.88 Å². The molecule has 2 aliphatic rings. The van der Waals surface area contributed by atoms with E-state index in [9.17, 15) is 9.59 Å². The summed E-state index contributed by atoms with van der Waals surface area (Å²) in [6.07, 6.45) is 2.00. The number of nitrogens with zero attached hydrogens (tertiary/aromatic N) is 2. The van der Waals surface area contributed by atoms with Crippen molar-refractivity contribution >= 4 is 23.3 Å². The maximum atomic E-state index is 12.1. The van der Waals surface area contributed by atoms with Crippen molar-refractivity contribution in [3.63, 3.8) is 0 Å². The van der Waals surface area contributed by atoms with Gasteiger partial charge in [0.1, 0.15) is 5.54 Å². The summed E-state index contributed by atoms with van der Waals surface area (Å²) < 4.78 is 0. The van der Waals surface area contributed by atoms with Crippen LogP contribution in [-0.2, 0) is 11.3 Å². The Balaban J connectivity index is 1.70. The molecule has 1 aromatic rings. The molecule has 2 N–H and O–H groups in total. The zero-order chi connectivity index (χ0) is 15.9. The number of imide groups is 1. The lowest BCUT2D eigenvalue weighted by atomic mass is 9.80. The molecule has 6 nitrogen and oxygen atoms in total. The number of piperidine rings is 1. The normalized spacial score (nSPS) is 29.5. The van der Waals surface area contributed by atoms with E-state index in [1.54, 1.807) is 11.3 Å². The second kappa shape index (κ2) is 5.62. The van der Waals surface area contributed by atoms with Gasteiger partial charge in [0, 0.05) is 23.9 Å². The van der Waals surface area contributed by atoms with E-state index >= 15 is 0 Å². The third kappa shape index (κ3) is 2.75. The fourth-order valence-electron chi connectivity index (χ4n) is 3.44. The van der Waals surface area contributed by atoms with Crippen molar-refractivity contribution in [2.24, 2.45) is 5.92 Å². The Morgan fingerprint density at radius 2 is 2.18 bits per heavy atom. The van der Waals surface area contributed by atoms with Crippen molar-refractivity contribution in [2.75, 3.05) is 13.1 Å². The number of aromatic nitrogens is 1. The van der Waals surface area contributed by atoms with Gasteiger partial charge in [-0.25, -0.2) is 9.78 Å². The van der Waals surface area contributed by atoms with Crippen molar-refractivity contribution in [3.8, 4) is 0 Å². The minimum Gasteiger partial charge on any atom is -0.323 e. The smallest absolute Gasteiger partial charge is 0.322 e. The number of hydrogen-bond donors (Lipinski definition) is 2. The molecule has 120 valence electrons. The topological polar surface area (TPSA) is 74.3 Å². The molecule has 0 aromatic carbocycles. The van der Waals surface area contributed by atoms with E-state index < -0.39 is 5.54 Å². The number of urea groups is 1. The van der Waals surface area contributed by atoms with Crippen molar-refractivity contribution in [2.45, 2.75) is 45.7 Å². The first-order chi connectivity index (χ1) is 10.4. The van der Waals surface area contributed by atoms with Crippen LogP contribution < -0.4 is 10.6 Å². The molecule has 0 unspecified atom stereocenters. The van der Waals surface area contributed by atoms with Crippen LogP contribution in [0.1, 0.15) is 35.3 Å². The van der Waals surface area contributed by atoms with Gasteiger partial charge in [-0.05, 0) is 40.2 Å². The molecule has 2 fully saturated rings. The number of nitrogens with one attached hydrogen (secondary N) is 2. The van der Waals surface area contributed by atoms with Crippen molar-refractivity contribution in [1.29, 1.82) is 0 Å². The Morgan fingerprint density at radius 3 is 2.77 bits per heavy atom. The summed E-state index contributed by atoms with van der Waals surface area (Å²) in [4.78, 5) is 31.7. The Labute approximate surface area is 134 Å². The Bertz CT molecular complexity index is 615. The summed E-state index contributed by atoms with van der Waals surface area (Å²) in [7, 11) is 0. The van der Waals surface area contributed by atoms with Gasteiger partial charge in [-0.1, -0.05) is 0 Å². The molecule has 1 aromatic heterocycles. The van der Waals surface area contributed by atoms with E-state index in [0.29, 0.717) is 0 Å². The highest BCUT2D eigenvalue weighted by atomic mass is 32.1. The van der Waals surface area contributed by atoms with E-state index in [4.69, 9.17) is 0 Å². The van der Waals surface area contributed by atoms with E-state index in [-0.39, 0.29) is 17.9 Å². The molecule has 2 aliphatic heterocycles. The summed E-state index contributed by atoms with van der Waals surface area (Å²) in [5.74, 6) is -0.0591. The van der Waals surface area contributed by atoms with Crippen molar-refractivity contribution in [3.05, 3.63) is 15.6 Å². The summed E-state index contributed by atoms with van der Waals surface area (Å²) in [6, 6.07) is -0.376. The first-order valence-electron chi connectivity index (χ1n) is 7.67. The molecule has 3 amide bonds. The minimum absolute atomic E-state index is 0.141. The molecule has 7 heteroatoms. The number of carbonyl (C=O) groups is 2. The molecule has 3 heterocycles. The maximum Gasteiger partial charge on any atom is 0.322 e. The summed E-state index contributed by atoms with van der Waals surface area (Å²) in [5, 5.41) is 6.27. The second-order valence-electron chi connectivity index (χ2n) is 6.43. The third-order valence-electron chi connectivity index (χ3n) is 4.76. The van der Waals surface area contributed by atoms with Crippen molar-refractivity contribution < 1.29 is 9.59 Å². The standard InChI is InChI=1S/C15H22N4O2S/c1-9-12(22-10(2)16-9)8-19-6-4-5-11(7-19)15(3)13(20)17-14(21)18-15/h11H,4-8H2,1-3H3,(H2,17,18,20,21)/t11-,15+/m0/s1. The van der Waals surface area contributed by atoms with Gasteiger partial charge < -0.3 is 5.32 Å². The van der Waals surface area contributed by atoms with Crippen LogP contribution in [-0.4, -0.2) is 40.5 Å². The number of hydrogen-bond acceptors (Lipinski definition) is 5. The fourth-order valence-corrected chi connectivity index (χ4v) is 4.42. The molecule has 3 rings (SSSR count). The largest absolute Gasteiger partial charge is 0.323 e. The first kappa shape index (κ1) is 15.4. The molecule has 0 bridgehead atoms. The van der Waals surface area contributed by atoms with E-state index in [1.807, 2.05) is 20.8 Å². The first-order valence-corrected chi connectivity index (χ1v) is 8.49.